The summed E-state index contributed by atoms with van der Waals surface area (Å²) in [6.45, 7) is 2.26. The molecule has 2 bridgehead atoms. The zero-order valence-electron chi connectivity index (χ0n) is 13.4. The molecule has 3 nitrogen and oxygen atoms in total. The fourth-order valence-corrected chi connectivity index (χ4v) is 5.92. The molecule has 4 aliphatic rings. The summed E-state index contributed by atoms with van der Waals surface area (Å²) in [6.07, 6.45) is 4.51. The summed E-state index contributed by atoms with van der Waals surface area (Å²) in [7, 11) is 0. The molecule has 0 radical (unpaired) electrons. The van der Waals surface area contributed by atoms with E-state index in [1.54, 1.807) is 6.07 Å². The van der Waals surface area contributed by atoms with Gasteiger partial charge in [0.15, 0.2) is 5.82 Å². The van der Waals surface area contributed by atoms with Gasteiger partial charge in [-0.15, -0.1) is 11.3 Å². The summed E-state index contributed by atoms with van der Waals surface area (Å²) in [4.78, 5) is 15.7. The quantitative estimate of drug-likeness (QED) is 0.790. The van der Waals surface area contributed by atoms with Crippen LogP contribution in [0.2, 0.25) is 5.02 Å². The van der Waals surface area contributed by atoms with E-state index < -0.39 is 16.7 Å². The van der Waals surface area contributed by atoms with Crippen LogP contribution in [0.4, 0.5) is 8.78 Å². The summed E-state index contributed by atoms with van der Waals surface area (Å²) in [5.74, 6) is -1.26. The van der Waals surface area contributed by atoms with E-state index in [-0.39, 0.29) is 22.2 Å². The molecule has 1 N–H and O–H groups in total. The van der Waals surface area contributed by atoms with Gasteiger partial charge in [-0.2, -0.15) is 0 Å². The van der Waals surface area contributed by atoms with Crippen LogP contribution in [0.15, 0.2) is 12.1 Å². The Balaban J connectivity index is 1.45. The number of fused-ring (bicyclic) bond motifs is 3. The van der Waals surface area contributed by atoms with Gasteiger partial charge in [-0.1, -0.05) is 11.6 Å². The van der Waals surface area contributed by atoms with Gasteiger partial charge in [0.2, 0.25) is 0 Å². The molecule has 3 aliphatic heterocycles. The number of thiophene rings is 1. The zero-order chi connectivity index (χ0) is 17.3. The van der Waals surface area contributed by atoms with Crippen molar-refractivity contribution in [3.8, 4) is 0 Å². The lowest BCUT2D eigenvalue weighted by atomic mass is 9.77. The lowest BCUT2D eigenvalue weighted by Crippen LogP contribution is -2.65. The van der Waals surface area contributed by atoms with Crippen molar-refractivity contribution in [1.82, 2.24) is 10.2 Å². The first-order valence-corrected chi connectivity index (χ1v) is 9.82. The van der Waals surface area contributed by atoms with Crippen LogP contribution in [0.3, 0.4) is 0 Å². The fourth-order valence-electron chi connectivity index (χ4n) is 4.73. The van der Waals surface area contributed by atoms with Gasteiger partial charge in [-0.05, 0) is 62.2 Å². The van der Waals surface area contributed by atoms with Gasteiger partial charge < -0.3 is 5.32 Å². The Kier molecular flexibility index (Phi) is 3.44. The summed E-state index contributed by atoms with van der Waals surface area (Å²) in [5, 5.41) is 3.07. The number of carbonyl (C=O) groups excluding carboxylic acids is 1. The number of nitrogens with one attached hydrogen (secondary N) is 1. The second-order valence-electron chi connectivity index (χ2n) is 7.39. The molecule has 1 spiro atoms. The molecule has 1 saturated carbocycles. The normalized spacial score (nSPS) is 29.3. The maximum atomic E-state index is 14.2. The maximum absolute atomic E-state index is 14.2. The fraction of sp³-hybridized carbons (Fsp3) is 0.500. The Morgan fingerprint density at radius 2 is 2.00 bits per heavy atom. The van der Waals surface area contributed by atoms with Gasteiger partial charge in [0.25, 0.3) is 5.91 Å². The molecule has 2 aromatic rings. The number of nitrogens with zero attached hydrogens (tertiary/aromatic N) is 1. The van der Waals surface area contributed by atoms with Crippen molar-refractivity contribution in [3.05, 3.63) is 33.7 Å². The van der Waals surface area contributed by atoms with Gasteiger partial charge in [0.1, 0.15) is 10.8 Å². The molecule has 4 heterocycles. The summed E-state index contributed by atoms with van der Waals surface area (Å²) in [6, 6.07) is 2.90. The van der Waals surface area contributed by atoms with E-state index in [0.717, 1.165) is 50.1 Å². The van der Waals surface area contributed by atoms with Gasteiger partial charge >= 0.3 is 0 Å². The van der Waals surface area contributed by atoms with Crippen LogP contribution in [0, 0.1) is 17.6 Å². The van der Waals surface area contributed by atoms with E-state index in [4.69, 9.17) is 11.6 Å². The smallest absolute Gasteiger partial charge is 0.261 e. The highest BCUT2D eigenvalue weighted by atomic mass is 35.5. The van der Waals surface area contributed by atoms with Crippen molar-refractivity contribution in [2.45, 2.75) is 37.3 Å². The third-order valence-electron chi connectivity index (χ3n) is 6.14. The highest BCUT2D eigenvalue weighted by molar-refractivity contribution is 7.20. The Bertz CT molecular complexity index is 887. The summed E-state index contributed by atoms with van der Waals surface area (Å²) < 4.78 is 28.0. The van der Waals surface area contributed by atoms with Gasteiger partial charge in [-0.25, -0.2) is 8.78 Å². The van der Waals surface area contributed by atoms with Crippen molar-refractivity contribution in [2.75, 3.05) is 13.1 Å². The predicted octanol–water partition coefficient (Wildman–Crippen LogP) is 4.19. The minimum atomic E-state index is -0.800. The van der Waals surface area contributed by atoms with E-state index in [0.29, 0.717) is 16.2 Å². The van der Waals surface area contributed by atoms with Crippen LogP contribution in [0.5, 0.6) is 0 Å². The number of hydrogen-bond acceptors (Lipinski definition) is 3. The SMILES string of the molecule is O=C(N[C@H]1C2CCN(CC2)C12CC2)c1cc2cc(F)c(Cl)c(F)c2s1. The summed E-state index contributed by atoms with van der Waals surface area (Å²) in [5.41, 5.74) is 0.147. The molecule has 0 unspecified atom stereocenters. The number of halogens is 3. The minimum Gasteiger partial charge on any atom is -0.346 e. The van der Waals surface area contributed by atoms with Crippen LogP contribution in [-0.4, -0.2) is 35.5 Å². The van der Waals surface area contributed by atoms with Crippen LogP contribution in [0.25, 0.3) is 10.1 Å². The Morgan fingerprint density at radius 3 is 2.68 bits per heavy atom. The molecule has 1 aromatic heterocycles. The van der Waals surface area contributed by atoms with Gasteiger partial charge in [0, 0.05) is 5.54 Å². The third-order valence-corrected chi connectivity index (χ3v) is 7.63. The van der Waals surface area contributed by atoms with Crippen LogP contribution in [-0.2, 0) is 0 Å². The first kappa shape index (κ1) is 16.0. The van der Waals surface area contributed by atoms with E-state index in [9.17, 15) is 13.6 Å². The second-order valence-corrected chi connectivity index (χ2v) is 8.82. The van der Waals surface area contributed by atoms with Gasteiger partial charge in [0.05, 0.1) is 15.6 Å². The van der Waals surface area contributed by atoms with Gasteiger partial charge in [-0.3, -0.25) is 9.69 Å². The molecule has 1 amide bonds. The van der Waals surface area contributed by atoms with Crippen LogP contribution >= 0.6 is 22.9 Å². The number of benzene rings is 1. The maximum Gasteiger partial charge on any atom is 0.261 e. The summed E-state index contributed by atoms with van der Waals surface area (Å²) >= 11 is 6.67. The first-order valence-electron chi connectivity index (χ1n) is 8.62. The van der Waals surface area contributed by atoms with E-state index >= 15 is 0 Å². The van der Waals surface area contributed by atoms with E-state index in [2.05, 4.69) is 10.2 Å². The largest absolute Gasteiger partial charge is 0.346 e. The molecule has 1 atom stereocenters. The highest BCUT2D eigenvalue weighted by Crippen LogP contribution is 2.53. The average molecular weight is 383 g/mol. The van der Waals surface area contributed by atoms with E-state index in [1.807, 2.05) is 0 Å². The molecular formula is C18H17ClF2N2OS. The molecule has 6 rings (SSSR count). The number of amides is 1. The Labute approximate surface area is 152 Å². The topological polar surface area (TPSA) is 32.3 Å². The molecule has 132 valence electrons. The molecule has 1 aliphatic carbocycles. The number of rotatable bonds is 2. The number of carbonyl (C=O) groups is 1. The van der Waals surface area contributed by atoms with E-state index in [1.165, 1.54) is 6.07 Å². The molecule has 3 saturated heterocycles. The third kappa shape index (κ3) is 2.27. The lowest BCUT2D eigenvalue weighted by molar-refractivity contribution is -0.00138. The number of piperidine rings is 3. The minimum absolute atomic E-state index is 0.147. The lowest BCUT2D eigenvalue weighted by Gasteiger charge is -2.52. The molecule has 4 fully saturated rings. The second kappa shape index (κ2) is 5.38. The highest BCUT2D eigenvalue weighted by Gasteiger charge is 2.60. The van der Waals surface area contributed by atoms with Crippen molar-refractivity contribution in [3.63, 3.8) is 0 Å². The Morgan fingerprint density at radius 1 is 1.28 bits per heavy atom. The number of hydrogen-bond donors (Lipinski definition) is 1. The Hall–Kier alpha value is -1.24. The van der Waals surface area contributed by atoms with Crippen molar-refractivity contribution in [2.24, 2.45) is 5.92 Å². The van der Waals surface area contributed by atoms with Crippen molar-refractivity contribution in [1.29, 1.82) is 0 Å². The molecule has 1 aromatic carbocycles. The average Bonchev–Trinajstić information content (AvgIpc) is 3.27. The van der Waals surface area contributed by atoms with Crippen molar-refractivity contribution < 1.29 is 13.6 Å². The zero-order valence-corrected chi connectivity index (χ0v) is 15.0. The monoisotopic (exact) mass is 382 g/mol. The predicted molar refractivity (Wildman–Crippen MR) is 94.3 cm³/mol. The van der Waals surface area contributed by atoms with Crippen molar-refractivity contribution >= 4 is 38.9 Å². The van der Waals surface area contributed by atoms with Crippen LogP contribution < -0.4 is 5.32 Å². The standard InChI is InChI=1S/C18H17ClF2N2OS/c19-13-11(20)7-10-8-12(25-15(10)14(13)21)17(24)22-16-9-1-5-23(6-2-9)18(16)3-4-18/h7-9,16H,1-6H2,(H,22,24)/t16-/m0/s1. The molecule has 25 heavy (non-hydrogen) atoms. The van der Waals surface area contributed by atoms with Crippen LogP contribution in [0.1, 0.15) is 35.4 Å². The molecular weight excluding hydrogens is 366 g/mol. The molecule has 7 heteroatoms. The first-order chi connectivity index (χ1) is 12.0.